The quantitative estimate of drug-likeness (QED) is 0.144. The largest absolute Gasteiger partial charge is 0.697 e. The Labute approximate surface area is 313 Å². The van der Waals surface area contributed by atoms with Gasteiger partial charge >= 0.3 is 22.6 Å². The maximum Gasteiger partial charge on any atom is 0.697 e. The van der Waals surface area contributed by atoms with Crippen LogP contribution in [-0.2, 0) is 41.7 Å². The Morgan fingerprint density at radius 1 is 1.09 bits per heavy atom. The minimum Gasteiger partial charge on any atom is -0.444 e. The molecule has 7 atom stereocenters. The fourth-order valence-corrected chi connectivity index (χ4v) is 7.16. The Hall–Kier alpha value is -4.40. The average Bonchev–Trinajstić information content (AvgIpc) is 3.91. The number of H-pyrrole nitrogens is 1. The number of imidazole rings is 1. The highest BCUT2D eigenvalue weighted by atomic mass is 31.1. The van der Waals surface area contributed by atoms with Crippen LogP contribution in [0.2, 0.25) is 0 Å². The molecule has 2 saturated heterocycles. The lowest BCUT2D eigenvalue weighted by Gasteiger charge is -2.24. The Balaban J connectivity index is 1.02. The lowest BCUT2D eigenvalue weighted by Crippen LogP contribution is -2.35. The van der Waals surface area contributed by atoms with Crippen molar-refractivity contribution >= 4 is 56.5 Å². The summed E-state index contributed by atoms with van der Waals surface area (Å²) < 4.78 is 75.2. The fraction of sp³-hybridized carbons (Fsp3) is 0.581. The zero-order valence-electron chi connectivity index (χ0n) is 30.2. The maximum atomic E-state index is 14.8. The monoisotopic (exact) mass is 811 g/mol. The number of nitrogens with one attached hydrogen (secondary N) is 2. The number of amides is 2. The summed E-state index contributed by atoms with van der Waals surface area (Å²) in [7, 11) is -4.12. The van der Waals surface area contributed by atoms with E-state index in [-0.39, 0.29) is 48.8 Å². The van der Waals surface area contributed by atoms with E-state index in [9.17, 15) is 27.9 Å². The first kappa shape index (κ1) is 40.3. The number of carbonyl (C=O) groups is 2. The molecule has 2 aliphatic rings. The van der Waals surface area contributed by atoms with Crippen molar-refractivity contribution in [3.8, 4) is 0 Å². The Bertz CT molecular complexity index is 2120. The minimum atomic E-state index is -2.93. The summed E-state index contributed by atoms with van der Waals surface area (Å²) >= 11 is 0. The Morgan fingerprint density at radius 2 is 1.87 bits per heavy atom. The van der Waals surface area contributed by atoms with Crippen molar-refractivity contribution in [2.45, 2.75) is 89.2 Å². The van der Waals surface area contributed by atoms with E-state index in [1.54, 1.807) is 32.4 Å². The number of carbonyl (C=O) groups excluding carboxylic acids is 2. The van der Waals surface area contributed by atoms with E-state index in [0.717, 1.165) is 12.5 Å². The van der Waals surface area contributed by atoms with Crippen LogP contribution < -0.4 is 10.9 Å². The van der Waals surface area contributed by atoms with Crippen molar-refractivity contribution in [2.24, 2.45) is 0 Å². The second-order valence-electron chi connectivity index (χ2n) is 13.8. The first-order valence-electron chi connectivity index (χ1n) is 17.2. The molecular formula is C31H40FN9O12P2+2. The van der Waals surface area contributed by atoms with Gasteiger partial charge in [0.25, 0.3) is 5.56 Å². The molecule has 0 aliphatic carbocycles. The molecular weight excluding hydrogens is 771 g/mol. The number of aromatic amines is 1. The lowest BCUT2D eigenvalue weighted by atomic mass is 10.2. The van der Waals surface area contributed by atoms with Gasteiger partial charge in [-0.25, -0.2) is 29.1 Å². The van der Waals surface area contributed by atoms with E-state index in [1.807, 2.05) is 0 Å². The zero-order chi connectivity index (χ0) is 39.4. The standard InChI is InChI=1S/C31H38FN9O12P2/c1-31(2,3)52-30(44)39(4)9-5-6-21(42)38-25-24-27(35-14-33-25)41(16-37-24)22-8-7-17(50-22)12-49-55(47)53-20-10-18(13-48-54(45)46)51-29(20)40-11-19(32)23-26(40)34-15-36-28(23)43/h11,14-18,20,22,29H,5-10,12-13H2,1-4H3,(H-2,33,34,35,36,38,42,43,45,46)/p+2/t17?,18?,20-,22-,29-/m1/s1. The molecule has 0 radical (unpaired) electrons. The first-order chi connectivity index (χ1) is 26.2. The van der Waals surface area contributed by atoms with Crippen LogP contribution in [0.15, 0.2) is 30.0 Å². The molecule has 4 unspecified atom stereocenters. The molecule has 6 heterocycles. The molecule has 21 nitrogen and oxygen atoms in total. The van der Waals surface area contributed by atoms with Gasteiger partial charge in [-0.3, -0.25) is 14.2 Å². The van der Waals surface area contributed by atoms with Gasteiger partial charge < -0.3 is 34.0 Å². The third kappa shape index (κ3) is 9.89. The smallest absolute Gasteiger partial charge is 0.444 e. The number of halogens is 1. The summed E-state index contributed by atoms with van der Waals surface area (Å²) in [6.45, 7) is 5.21. The minimum absolute atomic E-state index is 0.0220. The highest BCUT2D eigenvalue weighted by Gasteiger charge is 2.46. The summed E-state index contributed by atoms with van der Waals surface area (Å²) in [6.07, 6.45) is 2.02. The summed E-state index contributed by atoms with van der Waals surface area (Å²) in [5, 5.41) is 2.44. The molecule has 0 saturated carbocycles. The predicted molar refractivity (Wildman–Crippen MR) is 188 cm³/mol. The van der Waals surface area contributed by atoms with Crippen LogP contribution >= 0.6 is 16.5 Å². The van der Waals surface area contributed by atoms with Gasteiger partial charge in [0.1, 0.15) is 36.8 Å². The molecule has 296 valence electrons. The second-order valence-corrected chi connectivity index (χ2v) is 15.4. The number of rotatable bonds is 15. The third-order valence-corrected chi connectivity index (χ3v) is 9.73. The fourth-order valence-electron chi connectivity index (χ4n) is 6.11. The van der Waals surface area contributed by atoms with Gasteiger partial charge in [0, 0.05) is 41.8 Å². The van der Waals surface area contributed by atoms with Crippen LogP contribution in [0.3, 0.4) is 0 Å². The zero-order valence-corrected chi connectivity index (χ0v) is 32.0. The van der Waals surface area contributed by atoms with Crippen molar-refractivity contribution < 1.29 is 55.8 Å². The summed E-state index contributed by atoms with van der Waals surface area (Å²) in [5.74, 6) is -0.971. The van der Waals surface area contributed by atoms with Crippen molar-refractivity contribution in [1.82, 2.24) is 39.0 Å². The van der Waals surface area contributed by atoms with Gasteiger partial charge in [-0.1, -0.05) is 0 Å². The van der Waals surface area contributed by atoms with Crippen LogP contribution in [-0.4, -0.2) is 107 Å². The highest BCUT2D eigenvalue weighted by molar-refractivity contribution is 7.33. The Morgan fingerprint density at radius 3 is 2.64 bits per heavy atom. The topological polar surface area (TPSA) is 253 Å². The summed E-state index contributed by atoms with van der Waals surface area (Å²) in [4.78, 5) is 66.9. The summed E-state index contributed by atoms with van der Waals surface area (Å²) in [5.41, 5.74) is -0.631. The van der Waals surface area contributed by atoms with Crippen LogP contribution in [0.25, 0.3) is 22.2 Å². The van der Waals surface area contributed by atoms with Crippen LogP contribution in [0.1, 0.15) is 65.3 Å². The predicted octanol–water partition coefficient (Wildman–Crippen LogP) is 3.98. The van der Waals surface area contributed by atoms with Crippen LogP contribution in [0.4, 0.5) is 15.0 Å². The molecule has 2 fully saturated rings. The molecule has 0 spiro atoms. The van der Waals surface area contributed by atoms with Crippen molar-refractivity contribution in [1.29, 1.82) is 0 Å². The molecule has 0 aromatic carbocycles. The third-order valence-electron chi connectivity index (χ3n) is 8.56. The number of fused-ring (bicyclic) bond motifs is 2. The van der Waals surface area contributed by atoms with E-state index in [2.05, 4.69) is 30.2 Å². The van der Waals surface area contributed by atoms with E-state index >= 15 is 0 Å². The van der Waals surface area contributed by atoms with Gasteiger partial charge in [0.15, 0.2) is 40.8 Å². The number of nitrogens with zero attached hydrogens (tertiary/aromatic N) is 7. The number of hydrogen-bond donors (Lipinski definition) is 3. The first-order valence-corrected chi connectivity index (χ1v) is 19.4. The molecule has 3 N–H and O–H groups in total. The maximum absolute atomic E-state index is 14.8. The molecule has 55 heavy (non-hydrogen) atoms. The molecule has 4 aromatic heterocycles. The van der Waals surface area contributed by atoms with Crippen LogP contribution in [0, 0.1) is 5.82 Å². The van der Waals surface area contributed by atoms with E-state index < -0.39 is 70.3 Å². The number of aromatic nitrogens is 7. The van der Waals surface area contributed by atoms with Crippen molar-refractivity contribution in [2.75, 3.05) is 32.1 Å². The normalized spacial score (nSPS) is 22.0. The van der Waals surface area contributed by atoms with E-state index in [4.69, 9.17) is 32.7 Å². The van der Waals surface area contributed by atoms with Gasteiger partial charge in [0.2, 0.25) is 5.91 Å². The van der Waals surface area contributed by atoms with Crippen molar-refractivity contribution in [3.63, 3.8) is 0 Å². The Kier molecular flexibility index (Phi) is 12.6. The van der Waals surface area contributed by atoms with Crippen molar-refractivity contribution in [3.05, 3.63) is 41.3 Å². The van der Waals surface area contributed by atoms with Gasteiger partial charge in [-0.2, -0.15) is 0 Å². The van der Waals surface area contributed by atoms with Crippen LogP contribution in [0.5, 0.6) is 0 Å². The molecule has 4 aromatic rings. The highest BCUT2D eigenvalue weighted by Crippen LogP contribution is 2.41. The van der Waals surface area contributed by atoms with Gasteiger partial charge in [-0.15, -0.1) is 18.5 Å². The lowest BCUT2D eigenvalue weighted by molar-refractivity contribution is -0.116. The number of anilines is 1. The van der Waals surface area contributed by atoms with E-state index in [1.165, 1.54) is 22.1 Å². The molecule has 0 bridgehead atoms. The SMILES string of the molecule is CN(CCCC(=O)Nc1ncnc2c1ncn2[C@H]1CCC(CO[P+](=O)O[C@@H]2CC(CO[P+](=O)O)O[C@H]2n2cc(F)c3c(=O)[nH]cnc32)O1)C(=O)OC(C)(C)C. The molecule has 2 aliphatic heterocycles. The number of hydrogen-bond acceptors (Lipinski definition) is 15. The molecule has 24 heteroatoms. The van der Waals surface area contributed by atoms with E-state index in [0.29, 0.717) is 37.0 Å². The molecule has 6 rings (SSSR count). The summed E-state index contributed by atoms with van der Waals surface area (Å²) in [6, 6.07) is 0. The van der Waals surface area contributed by atoms with Gasteiger partial charge in [0.05, 0.1) is 24.9 Å². The number of ether oxygens (including phenoxy) is 3. The average molecular weight is 812 g/mol. The molecule has 2 amide bonds. The second kappa shape index (κ2) is 17.2. The van der Waals surface area contributed by atoms with Gasteiger partial charge in [-0.05, 0) is 40.0 Å².